The maximum atomic E-state index is 6.68. The number of nitrogens with zero attached hydrogens (tertiary/aromatic N) is 1. The fourth-order valence-electron chi connectivity index (χ4n) is 5.25. The van der Waals surface area contributed by atoms with E-state index in [9.17, 15) is 0 Å². The molecule has 2 heterocycles. The number of aliphatic imine (C=N–C) groups is 1. The molecular formula is C36H37NO5. The van der Waals surface area contributed by atoms with Crippen molar-refractivity contribution >= 4 is 5.90 Å². The third-order valence-electron chi connectivity index (χ3n) is 7.43. The monoisotopic (exact) mass is 563 g/mol. The molecule has 0 radical (unpaired) electrons. The maximum Gasteiger partial charge on any atom is 0.216 e. The normalized spacial score (nSPS) is 23.0. The van der Waals surface area contributed by atoms with E-state index in [-0.39, 0.29) is 5.54 Å². The first-order valence-electron chi connectivity index (χ1n) is 14.5. The summed E-state index contributed by atoms with van der Waals surface area (Å²) in [5.74, 6) is 0.648. The predicted molar refractivity (Wildman–Crippen MR) is 162 cm³/mol. The fraction of sp³-hybridized carbons (Fsp3) is 0.306. The van der Waals surface area contributed by atoms with Gasteiger partial charge in [0.2, 0.25) is 5.90 Å². The first kappa shape index (κ1) is 28.3. The van der Waals surface area contributed by atoms with Crippen molar-refractivity contribution in [1.29, 1.82) is 0 Å². The molecule has 2 aliphatic heterocycles. The number of hydrogen-bond donors (Lipinski definition) is 0. The van der Waals surface area contributed by atoms with Crippen LogP contribution in [0.2, 0.25) is 0 Å². The largest absolute Gasteiger partial charge is 0.475 e. The summed E-state index contributed by atoms with van der Waals surface area (Å²) in [4.78, 5) is 4.78. The molecule has 0 aliphatic carbocycles. The predicted octanol–water partition coefficient (Wildman–Crippen LogP) is 7.03. The Balaban J connectivity index is 1.30. The van der Waals surface area contributed by atoms with Crippen LogP contribution >= 0.6 is 0 Å². The van der Waals surface area contributed by atoms with E-state index in [1.165, 1.54) is 0 Å². The van der Waals surface area contributed by atoms with Crippen LogP contribution in [0.3, 0.4) is 0 Å². The Morgan fingerprint density at radius 1 is 0.667 bits per heavy atom. The molecule has 0 bridgehead atoms. The first-order valence-corrected chi connectivity index (χ1v) is 14.5. The van der Waals surface area contributed by atoms with Gasteiger partial charge in [-0.05, 0) is 48.2 Å². The molecule has 4 unspecified atom stereocenters. The molecular weight excluding hydrogens is 526 g/mol. The standard InChI is InChI=1S/C36H37NO5/c1-36(2)25-41-34(37-36)30-20-12-19-29(21-30)31-32(38-22-26-13-6-3-7-14-26)33(39-23-27-15-8-4-9-16-27)35(42-31)40-24-28-17-10-5-11-18-28/h3-21,31-33,35H,22-25H2,1-2H3. The smallest absolute Gasteiger partial charge is 0.216 e. The van der Waals surface area contributed by atoms with Gasteiger partial charge in [-0.15, -0.1) is 0 Å². The molecule has 0 aromatic heterocycles. The average Bonchev–Trinajstić information content (AvgIpc) is 3.58. The minimum Gasteiger partial charge on any atom is -0.475 e. The highest BCUT2D eigenvalue weighted by molar-refractivity contribution is 5.95. The quantitative estimate of drug-likeness (QED) is 0.196. The van der Waals surface area contributed by atoms with Crippen molar-refractivity contribution in [2.24, 2.45) is 4.99 Å². The molecule has 6 heteroatoms. The van der Waals surface area contributed by atoms with E-state index in [0.717, 1.165) is 27.8 Å². The zero-order chi connectivity index (χ0) is 28.8. The minimum absolute atomic E-state index is 0.247. The van der Waals surface area contributed by atoms with Gasteiger partial charge in [-0.3, -0.25) is 0 Å². The van der Waals surface area contributed by atoms with Crippen LogP contribution in [0.1, 0.15) is 47.8 Å². The summed E-state index contributed by atoms with van der Waals surface area (Å²) < 4.78 is 32.3. The molecule has 6 nitrogen and oxygen atoms in total. The van der Waals surface area contributed by atoms with E-state index < -0.39 is 24.6 Å². The molecule has 216 valence electrons. The van der Waals surface area contributed by atoms with Gasteiger partial charge < -0.3 is 23.7 Å². The number of hydrogen-bond acceptors (Lipinski definition) is 6. The summed E-state index contributed by atoms with van der Waals surface area (Å²) in [6, 6.07) is 38.6. The minimum atomic E-state index is -0.637. The van der Waals surface area contributed by atoms with Crippen molar-refractivity contribution in [1.82, 2.24) is 0 Å². The van der Waals surface area contributed by atoms with Crippen molar-refractivity contribution in [2.45, 2.75) is 63.8 Å². The molecule has 1 fully saturated rings. The van der Waals surface area contributed by atoms with E-state index in [1.54, 1.807) is 0 Å². The number of benzene rings is 4. The second-order valence-electron chi connectivity index (χ2n) is 11.4. The van der Waals surface area contributed by atoms with Gasteiger partial charge in [-0.2, -0.15) is 0 Å². The summed E-state index contributed by atoms with van der Waals surface area (Å²) in [7, 11) is 0. The Kier molecular flexibility index (Phi) is 8.77. The van der Waals surface area contributed by atoms with E-state index in [2.05, 4.69) is 50.2 Å². The Morgan fingerprint density at radius 3 is 1.76 bits per heavy atom. The van der Waals surface area contributed by atoms with Crippen LogP contribution in [-0.2, 0) is 43.5 Å². The van der Waals surface area contributed by atoms with Crippen molar-refractivity contribution in [3.05, 3.63) is 143 Å². The zero-order valence-electron chi connectivity index (χ0n) is 24.1. The Morgan fingerprint density at radius 2 is 1.21 bits per heavy atom. The molecule has 4 atom stereocenters. The van der Waals surface area contributed by atoms with Crippen LogP contribution in [0, 0.1) is 0 Å². The highest BCUT2D eigenvalue weighted by Gasteiger charge is 2.48. The highest BCUT2D eigenvalue weighted by Crippen LogP contribution is 2.39. The zero-order valence-corrected chi connectivity index (χ0v) is 24.1. The highest BCUT2D eigenvalue weighted by atomic mass is 16.7. The van der Waals surface area contributed by atoms with Crippen molar-refractivity contribution in [3.63, 3.8) is 0 Å². The van der Waals surface area contributed by atoms with E-state index in [0.29, 0.717) is 32.3 Å². The van der Waals surface area contributed by atoms with E-state index >= 15 is 0 Å². The third kappa shape index (κ3) is 6.97. The molecule has 0 amide bonds. The molecule has 6 rings (SSSR count). The van der Waals surface area contributed by atoms with Gasteiger partial charge in [0.1, 0.15) is 24.9 Å². The average molecular weight is 564 g/mol. The lowest BCUT2D eigenvalue weighted by Crippen LogP contribution is -2.37. The van der Waals surface area contributed by atoms with E-state index in [1.807, 2.05) is 78.9 Å². The second kappa shape index (κ2) is 13.0. The van der Waals surface area contributed by atoms with Crippen LogP contribution in [-0.4, -0.2) is 36.5 Å². The molecule has 4 aromatic rings. The number of rotatable bonds is 11. The molecule has 2 aliphatic rings. The van der Waals surface area contributed by atoms with Gasteiger partial charge in [0, 0.05) is 5.56 Å². The summed E-state index contributed by atoms with van der Waals surface area (Å²) in [5, 5.41) is 0. The second-order valence-corrected chi connectivity index (χ2v) is 11.4. The molecule has 0 N–H and O–H groups in total. The van der Waals surface area contributed by atoms with Crippen LogP contribution in [0.15, 0.2) is 120 Å². The van der Waals surface area contributed by atoms with Gasteiger partial charge in [-0.25, -0.2) is 4.99 Å². The molecule has 4 aromatic carbocycles. The van der Waals surface area contributed by atoms with Crippen LogP contribution in [0.4, 0.5) is 0 Å². The van der Waals surface area contributed by atoms with Crippen molar-refractivity contribution < 1.29 is 23.7 Å². The Bertz CT molecular complexity index is 1460. The Hall–Kier alpha value is -3.81. The lowest BCUT2D eigenvalue weighted by molar-refractivity contribution is -0.187. The molecule has 0 spiro atoms. The Labute approximate surface area is 247 Å². The molecule has 0 saturated carbocycles. The van der Waals surface area contributed by atoms with Crippen molar-refractivity contribution in [3.8, 4) is 0 Å². The summed E-state index contributed by atoms with van der Waals surface area (Å²) >= 11 is 0. The summed E-state index contributed by atoms with van der Waals surface area (Å²) in [6.07, 6.45) is -1.95. The lowest BCUT2D eigenvalue weighted by Gasteiger charge is -2.25. The summed E-state index contributed by atoms with van der Waals surface area (Å²) in [6.45, 7) is 5.93. The SMILES string of the molecule is CC1(C)COC(c2cccc(C3OC(OCc4ccccc4)C(OCc4ccccc4)C3OCc3ccccc3)c2)=N1. The van der Waals surface area contributed by atoms with Crippen LogP contribution < -0.4 is 0 Å². The van der Waals surface area contributed by atoms with Gasteiger partial charge in [-0.1, -0.05) is 103 Å². The van der Waals surface area contributed by atoms with Gasteiger partial charge in [0.25, 0.3) is 0 Å². The molecule has 42 heavy (non-hydrogen) atoms. The topological polar surface area (TPSA) is 58.5 Å². The fourth-order valence-corrected chi connectivity index (χ4v) is 5.25. The van der Waals surface area contributed by atoms with Gasteiger partial charge in [0.15, 0.2) is 6.29 Å². The lowest BCUT2D eigenvalue weighted by atomic mass is 10.00. The van der Waals surface area contributed by atoms with Crippen LogP contribution in [0.5, 0.6) is 0 Å². The summed E-state index contributed by atoms with van der Waals surface area (Å²) in [5.41, 5.74) is 4.85. The number of ether oxygens (including phenoxy) is 5. The first-order chi connectivity index (χ1) is 20.5. The van der Waals surface area contributed by atoms with Crippen LogP contribution in [0.25, 0.3) is 0 Å². The molecule has 1 saturated heterocycles. The third-order valence-corrected chi connectivity index (χ3v) is 7.43. The van der Waals surface area contributed by atoms with Gasteiger partial charge >= 0.3 is 0 Å². The van der Waals surface area contributed by atoms with Crippen molar-refractivity contribution in [2.75, 3.05) is 6.61 Å². The van der Waals surface area contributed by atoms with Gasteiger partial charge in [0.05, 0.1) is 25.4 Å². The van der Waals surface area contributed by atoms with E-state index in [4.69, 9.17) is 28.7 Å². The maximum absolute atomic E-state index is 6.68.